The molecule has 2 amide bonds. The molecule has 0 unspecified atom stereocenters. The van der Waals surface area contributed by atoms with Gasteiger partial charge in [0, 0.05) is 12.1 Å². The second-order valence-electron chi connectivity index (χ2n) is 7.15. The fraction of sp³-hybridized carbons (Fsp3) is 0.273. The summed E-state index contributed by atoms with van der Waals surface area (Å²) in [5.41, 5.74) is -0.0858. The normalized spacial score (nSPS) is 18.3. The molecule has 156 valence electrons. The van der Waals surface area contributed by atoms with Crippen LogP contribution in [0.3, 0.4) is 0 Å². The molecule has 2 aromatic carbocycles. The minimum atomic E-state index is -1.19. The number of hydrogen-bond acceptors (Lipinski definition) is 4. The van der Waals surface area contributed by atoms with Gasteiger partial charge in [-0.1, -0.05) is 37.1 Å². The van der Waals surface area contributed by atoms with Crippen molar-refractivity contribution < 1.29 is 29.4 Å². The van der Waals surface area contributed by atoms with Gasteiger partial charge >= 0.3 is 11.9 Å². The molecular formula is C22H22N2O6. The average Bonchev–Trinajstić information content (AvgIpc) is 2.75. The Bertz CT molecular complexity index is 908. The number of hydrogen-bond donors (Lipinski definition) is 4. The summed E-state index contributed by atoms with van der Waals surface area (Å²) < 4.78 is 0. The maximum absolute atomic E-state index is 12.7. The summed E-state index contributed by atoms with van der Waals surface area (Å²) in [5.74, 6) is -3.44. The standard InChI is InChI=1S/C22H22N2O6/c25-19(13-7-1-3-9-15(13)21(27)28)23-17-11-5-6-12-18(17)24-20(26)14-8-2-4-10-16(14)22(29)30/h1-4,7-10,17-18H,5-6,11-12H2,(H,23,25)(H,24,26)(H,27,28)(H,29,30)/t17-,18+. The second kappa shape index (κ2) is 9.21. The quantitative estimate of drug-likeness (QED) is 0.578. The number of rotatable bonds is 6. The summed E-state index contributed by atoms with van der Waals surface area (Å²) in [6, 6.07) is 11.1. The summed E-state index contributed by atoms with van der Waals surface area (Å²) in [7, 11) is 0. The molecule has 2 atom stereocenters. The van der Waals surface area contributed by atoms with Gasteiger partial charge in [0.25, 0.3) is 11.8 Å². The minimum Gasteiger partial charge on any atom is -0.478 e. The molecule has 0 saturated heterocycles. The zero-order chi connectivity index (χ0) is 21.7. The molecule has 1 aliphatic rings. The van der Waals surface area contributed by atoms with Crippen LogP contribution in [-0.4, -0.2) is 46.0 Å². The first kappa shape index (κ1) is 21.0. The number of carbonyl (C=O) groups excluding carboxylic acids is 2. The average molecular weight is 410 g/mol. The first-order chi connectivity index (χ1) is 14.4. The second-order valence-corrected chi connectivity index (χ2v) is 7.15. The highest BCUT2D eigenvalue weighted by Crippen LogP contribution is 2.21. The van der Waals surface area contributed by atoms with E-state index in [0.717, 1.165) is 12.8 Å². The van der Waals surface area contributed by atoms with Crippen LogP contribution in [0.25, 0.3) is 0 Å². The highest BCUT2D eigenvalue weighted by atomic mass is 16.4. The van der Waals surface area contributed by atoms with Crippen molar-refractivity contribution in [1.82, 2.24) is 10.6 Å². The summed E-state index contributed by atoms with van der Waals surface area (Å²) in [6.45, 7) is 0. The Kier molecular flexibility index (Phi) is 6.46. The van der Waals surface area contributed by atoms with Crippen LogP contribution in [0.5, 0.6) is 0 Å². The SMILES string of the molecule is O=C(O)c1ccccc1C(=O)N[C@H]1CCCC[C@H]1NC(=O)c1ccccc1C(=O)O. The zero-order valence-electron chi connectivity index (χ0n) is 16.1. The van der Waals surface area contributed by atoms with E-state index in [-0.39, 0.29) is 22.3 Å². The van der Waals surface area contributed by atoms with E-state index in [2.05, 4.69) is 10.6 Å². The number of benzene rings is 2. The van der Waals surface area contributed by atoms with E-state index in [1.165, 1.54) is 24.3 Å². The van der Waals surface area contributed by atoms with E-state index >= 15 is 0 Å². The number of nitrogens with one attached hydrogen (secondary N) is 2. The van der Waals surface area contributed by atoms with Gasteiger partial charge in [-0.25, -0.2) is 9.59 Å². The Labute approximate surface area is 172 Å². The Morgan fingerprint density at radius 2 is 0.967 bits per heavy atom. The number of amides is 2. The van der Waals surface area contributed by atoms with Gasteiger partial charge in [0.1, 0.15) is 0 Å². The molecule has 0 aromatic heterocycles. The van der Waals surface area contributed by atoms with Gasteiger partial charge in [0.15, 0.2) is 0 Å². The van der Waals surface area contributed by atoms with Crippen molar-refractivity contribution in [1.29, 1.82) is 0 Å². The number of aromatic carboxylic acids is 2. The Morgan fingerprint density at radius 3 is 1.30 bits per heavy atom. The Morgan fingerprint density at radius 1 is 0.633 bits per heavy atom. The van der Waals surface area contributed by atoms with E-state index in [4.69, 9.17) is 0 Å². The molecule has 8 heteroatoms. The summed E-state index contributed by atoms with van der Waals surface area (Å²) in [6.07, 6.45) is 2.94. The van der Waals surface area contributed by atoms with Crippen molar-refractivity contribution in [2.75, 3.05) is 0 Å². The molecule has 1 aliphatic carbocycles. The predicted octanol–water partition coefficient (Wildman–Crippen LogP) is 2.55. The molecule has 3 rings (SSSR count). The lowest BCUT2D eigenvalue weighted by molar-refractivity contribution is 0.0680. The van der Waals surface area contributed by atoms with Crippen LogP contribution < -0.4 is 10.6 Å². The number of carboxylic acids is 2. The smallest absolute Gasteiger partial charge is 0.336 e. The Balaban J connectivity index is 1.76. The minimum absolute atomic E-state index is 0.0527. The van der Waals surface area contributed by atoms with Crippen molar-refractivity contribution in [3.05, 3.63) is 70.8 Å². The molecule has 0 radical (unpaired) electrons. The molecule has 0 heterocycles. The fourth-order valence-corrected chi connectivity index (χ4v) is 3.70. The van der Waals surface area contributed by atoms with Crippen molar-refractivity contribution in [2.24, 2.45) is 0 Å². The first-order valence-corrected chi connectivity index (χ1v) is 9.65. The topological polar surface area (TPSA) is 133 Å². The van der Waals surface area contributed by atoms with Gasteiger partial charge in [-0.2, -0.15) is 0 Å². The van der Waals surface area contributed by atoms with E-state index in [1.54, 1.807) is 24.3 Å². The molecule has 4 N–H and O–H groups in total. The number of carbonyl (C=O) groups is 4. The van der Waals surface area contributed by atoms with Crippen molar-refractivity contribution >= 4 is 23.8 Å². The Hall–Kier alpha value is -3.68. The monoisotopic (exact) mass is 410 g/mol. The molecule has 0 aliphatic heterocycles. The van der Waals surface area contributed by atoms with Gasteiger partial charge < -0.3 is 20.8 Å². The van der Waals surface area contributed by atoms with Crippen molar-refractivity contribution in [2.45, 2.75) is 37.8 Å². The van der Waals surface area contributed by atoms with Crippen LogP contribution in [0.2, 0.25) is 0 Å². The van der Waals surface area contributed by atoms with Crippen molar-refractivity contribution in [3.8, 4) is 0 Å². The van der Waals surface area contributed by atoms with Gasteiger partial charge in [-0.15, -0.1) is 0 Å². The van der Waals surface area contributed by atoms with Crippen LogP contribution >= 0.6 is 0 Å². The highest BCUT2D eigenvalue weighted by Gasteiger charge is 2.30. The maximum Gasteiger partial charge on any atom is 0.336 e. The molecular weight excluding hydrogens is 388 g/mol. The van der Waals surface area contributed by atoms with E-state index < -0.39 is 35.8 Å². The highest BCUT2D eigenvalue weighted by molar-refractivity contribution is 6.06. The van der Waals surface area contributed by atoms with Crippen molar-refractivity contribution in [3.63, 3.8) is 0 Å². The third-order valence-electron chi connectivity index (χ3n) is 5.20. The molecule has 8 nitrogen and oxygen atoms in total. The van der Waals surface area contributed by atoms with Crippen LogP contribution in [0.15, 0.2) is 48.5 Å². The molecule has 1 fully saturated rings. The largest absolute Gasteiger partial charge is 0.478 e. The van der Waals surface area contributed by atoms with Gasteiger partial charge in [0.05, 0.1) is 22.3 Å². The van der Waals surface area contributed by atoms with E-state index in [9.17, 15) is 29.4 Å². The third kappa shape index (κ3) is 4.65. The lowest BCUT2D eigenvalue weighted by atomic mass is 9.89. The summed E-state index contributed by atoms with van der Waals surface area (Å²) >= 11 is 0. The fourth-order valence-electron chi connectivity index (χ4n) is 3.70. The van der Waals surface area contributed by atoms with Crippen LogP contribution in [-0.2, 0) is 0 Å². The zero-order valence-corrected chi connectivity index (χ0v) is 16.1. The molecule has 0 bridgehead atoms. The van der Waals surface area contributed by atoms with Gasteiger partial charge in [-0.05, 0) is 37.1 Å². The molecule has 1 saturated carbocycles. The van der Waals surface area contributed by atoms with E-state index in [1.807, 2.05) is 0 Å². The molecule has 30 heavy (non-hydrogen) atoms. The first-order valence-electron chi connectivity index (χ1n) is 9.65. The maximum atomic E-state index is 12.7. The third-order valence-corrected chi connectivity index (χ3v) is 5.20. The summed E-state index contributed by atoms with van der Waals surface area (Å²) in [4.78, 5) is 48.2. The predicted molar refractivity (Wildman–Crippen MR) is 108 cm³/mol. The van der Waals surface area contributed by atoms with Gasteiger partial charge in [-0.3, -0.25) is 9.59 Å². The van der Waals surface area contributed by atoms with E-state index in [0.29, 0.717) is 12.8 Å². The van der Waals surface area contributed by atoms with Gasteiger partial charge in [0.2, 0.25) is 0 Å². The van der Waals surface area contributed by atoms with Crippen LogP contribution in [0.4, 0.5) is 0 Å². The molecule has 2 aromatic rings. The lowest BCUT2D eigenvalue weighted by Crippen LogP contribution is -2.53. The lowest BCUT2D eigenvalue weighted by Gasteiger charge is -2.33. The number of carboxylic acid groups (broad SMARTS) is 2. The summed E-state index contributed by atoms with van der Waals surface area (Å²) in [5, 5.41) is 24.3. The van der Waals surface area contributed by atoms with Crippen LogP contribution in [0.1, 0.15) is 67.1 Å². The molecule has 0 spiro atoms. The van der Waals surface area contributed by atoms with Crippen LogP contribution in [0, 0.1) is 0 Å².